The molecular formula is C18H24ClN3O2. The zero-order valence-corrected chi connectivity index (χ0v) is 15.1. The second-order valence-electron chi connectivity index (χ2n) is 6.98. The lowest BCUT2D eigenvalue weighted by Gasteiger charge is -2.50. The largest absolute Gasteiger partial charge is 0.329 e. The van der Waals surface area contributed by atoms with Gasteiger partial charge < -0.3 is 15.1 Å². The summed E-state index contributed by atoms with van der Waals surface area (Å²) in [5.41, 5.74) is 0.211. The molecule has 3 rings (SSSR count). The van der Waals surface area contributed by atoms with Crippen LogP contribution in [0.15, 0.2) is 24.3 Å². The van der Waals surface area contributed by atoms with Gasteiger partial charge in [-0.1, -0.05) is 23.7 Å². The van der Waals surface area contributed by atoms with Crippen LogP contribution in [0.5, 0.6) is 0 Å². The number of amides is 2. The van der Waals surface area contributed by atoms with Crippen molar-refractivity contribution in [2.24, 2.45) is 0 Å². The summed E-state index contributed by atoms with van der Waals surface area (Å²) in [6.45, 7) is 7.31. The highest BCUT2D eigenvalue weighted by Crippen LogP contribution is 2.37. The van der Waals surface area contributed by atoms with Crippen LogP contribution in [0, 0.1) is 0 Å². The lowest BCUT2D eigenvalue weighted by molar-refractivity contribution is -0.168. The number of piperazine rings is 1. The first-order chi connectivity index (χ1) is 11.4. The molecule has 130 valence electrons. The molecule has 0 bridgehead atoms. The Balaban J connectivity index is 2.00. The zero-order valence-electron chi connectivity index (χ0n) is 14.4. The number of halogens is 1. The predicted octanol–water partition coefficient (Wildman–Crippen LogP) is 2.21. The van der Waals surface area contributed by atoms with Gasteiger partial charge in [-0.3, -0.25) is 9.59 Å². The second-order valence-corrected chi connectivity index (χ2v) is 7.41. The number of carbonyl (C=O) groups is 2. The number of rotatable bonds is 3. The number of nitrogens with one attached hydrogen (secondary N) is 1. The fraction of sp³-hybridized carbons (Fsp3) is 0.556. The molecule has 1 aromatic carbocycles. The van der Waals surface area contributed by atoms with Crippen LogP contribution in [-0.4, -0.2) is 52.8 Å². The molecule has 0 saturated carbocycles. The maximum Gasteiger partial charge on any atom is 0.250 e. The minimum atomic E-state index is -0.779. The smallest absolute Gasteiger partial charge is 0.250 e. The summed E-state index contributed by atoms with van der Waals surface area (Å²) < 4.78 is 0. The first-order valence-electron chi connectivity index (χ1n) is 8.46. The predicted molar refractivity (Wildman–Crippen MR) is 93.8 cm³/mol. The molecule has 2 aliphatic rings. The molecule has 1 aromatic rings. The molecule has 1 N–H and O–H groups in total. The van der Waals surface area contributed by atoms with Crippen molar-refractivity contribution < 1.29 is 9.59 Å². The zero-order chi connectivity index (χ0) is 17.5. The molecule has 5 nitrogen and oxygen atoms in total. The van der Waals surface area contributed by atoms with E-state index in [0.717, 1.165) is 12.1 Å². The van der Waals surface area contributed by atoms with E-state index in [-0.39, 0.29) is 30.4 Å². The minimum absolute atomic E-state index is 0.00875. The highest BCUT2D eigenvalue weighted by molar-refractivity contribution is 6.30. The molecular weight excluding hydrogens is 326 g/mol. The van der Waals surface area contributed by atoms with E-state index in [0.29, 0.717) is 18.0 Å². The number of nitrogens with zero attached hydrogens (tertiary/aromatic N) is 2. The molecule has 2 saturated heterocycles. The minimum Gasteiger partial charge on any atom is -0.329 e. The van der Waals surface area contributed by atoms with Crippen LogP contribution >= 0.6 is 11.6 Å². The van der Waals surface area contributed by atoms with E-state index in [2.05, 4.69) is 5.32 Å². The van der Waals surface area contributed by atoms with E-state index in [4.69, 9.17) is 11.6 Å². The first kappa shape index (κ1) is 17.2. The fourth-order valence-electron chi connectivity index (χ4n) is 3.86. The molecule has 0 radical (unpaired) electrons. The van der Waals surface area contributed by atoms with Crippen LogP contribution in [0.3, 0.4) is 0 Å². The van der Waals surface area contributed by atoms with E-state index >= 15 is 0 Å². The molecule has 2 aliphatic heterocycles. The Bertz CT molecular complexity index is 638. The maximum atomic E-state index is 13.2. The van der Waals surface area contributed by atoms with E-state index in [1.54, 1.807) is 9.80 Å². The summed E-state index contributed by atoms with van der Waals surface area (Å²) in [6, 6.07) is 7.35. The van der Waals surface area contributed by atoms with E-state index < -0.39 is 5.54 Å². The summed E-state index contributed by atoms with van der Waals surface area (Å²) in [7, 11) is 0. The summed E-state index contributed by atoms with van der Waals surface area (Å²) in [6.07, 6.45) is 0.652. The van der Waals surface area contributed by atoms with Gasteiger partial charge in [0.2, 0.25) is 5.91 Å². The van der Waals surface area contributed by atoms with Crippen LogP contribution in [0.4, 0.5) is 0 Å². The third-order valence-corrected chi connectivity index (χ3v) is 5.44. The van der Waals surface area contributed by atoms with Crippen LogP contribution in [-0.2, 0) is 9.59 Å². The van der Waals surface area contributed by atoms with Gasteiger partial charge >= 0.3 is 0 Å². The normalized spacial score (nSPS) is 25.9. The molecule has 6 heteroatoms. The SMILES string of the molecule is CC(C)N1CC(=O)N([C@@H](C)c2ccc(Cl)cc2)C2(CCNC2)C1=O. The average Bonchev–Trinajstić information content (AvgIpc) is 3.01. The van der Waals surface area contributed by atoms with Gasteiger partial charge in [0.05, 0.1) is 6.04 Å². The number of benzene rings is 1. The van der Waals surface area contributed by atoms with Crippen molar-refractivity contribution in [3.8, 4) is 0 Å². The van der Waals surface area contributed by atoms with Gasteiger partial charge in [0.25, 0.3) is 5.91 Å². The Hall–Kier alpha value is -1.59. The Morgan fingerprint density at radius 1 is 1.17 bits per heavy atom. The molecule has 0 aromatic heterocycles. The quantitative estimate of drug-likeness (QED) is 0.910. The first-order valence-corrected chi connectivity index (χ1v) is 8.84. The van der Waals surface area contributed by atoms with Gasteiger partial charge in [-0.2, -0.15) is 0 Å². The van der Waals surface area contributed by atoms with Crippen molar-refractivity contribution in [1.82, 2.24) is 15.1 Å². The van der Waals surface area contributed by atoms with Crippen molar-refractivity contribution >= 4 is 23.4 Å². The van der Waals surface area contributed by atoms with Gasteiger partial charge in [0.1, 0.15) is 12.1 Å². The van der Waals surface area contributed by atoms with E-state index in [9.17, 15) is 9.59 Å². The lowest BCUT2D eigenvalue weighted by Crippen LogP contribution is -2.70. The van der Waals surface area contributed by atoms with Crippen LogP contribution < -0.4 is 5.32 Å². The van der Waals surface area contributed by atoms with Crippen molar-refractivity contribution in [1.29, 1.82) is 0 Å². The molecule has 2 atom stereocenters. The van der Waals surface area contributed by atoms with Gasteiger partial charge in [-0.05, 0) is 51.4 Å². The Morgan fingerprint density at radius 3 is 2.38 bits per heavy atom. The average molecular weight is 350 g/mol. The van der Waals surface area contributed by atoms with Gasteiger partial charge in [-0.25, -0.2) is 0 Å². The maximum absolute atomic E-state index is 13.2. The summed E-state index contributed by atoms with van der Waals surface area (Å²) >= 11 is 5.98. The summed E-state index contributed by atoms with van der Waals surface area (Å²) in [4.78, 5) is 29.7. The second kappa shape index (κ2) is 6.37. The van der Waals surface area contributed by atoms with E-state index in [1.165, 1.54) is 0 Å². The van der Waals surface area contributed by atoms with E-state index in [1.807, 2.05) is 45.0 Å². The van der Waals surface area contributed by atoms with Crippen molar-refractivity contribution in [2.75, 3.05) is 19.6 Å². The third-order valence-electron chi connectivity index (χ3n) is 5.19. The number of hydrogen-bond donors (Lipinski definition) is 1. The molecule has 2 amide bonds. The third kappa shape index (κ3) is 2.70. The highest BCUT2D eigenvalue weighted by Gasteiger charge is 2.55. The lowest BCUT2D eigenvalue weighted by atomic mass is 9.87. The molecule has 1 spiro atoms. The fourth-order valence-corrected chi connectivity index (χ4v) is 3.99. The molecule has 0 aliphatic carbocycles. The summed E-state index contributed by atoms with van der Waals surface area (Å²) in [5.74, 6) is 0.0670. The van der Waals surface area contributed by atoms with Crippen molar-refractivity contribution in [3.05, 3.63) is 34.9 Å². The van der Waals surface area contributed by atoms with Gasteiger partial charge in [0, 0.05) is 17.6 Å². The number of carbonyl (C=O) groups excluding carboxylic acids is 2. The standard InChI is InChI=1S/C18H24ClN3O2/c1-12(2)21-10-16(23)22(18(17(21)24)8-9-20-11-18)13(3)14-4-6-15(19)7-5-14/h4-7,12-13,20H,8-11H2,1-3H3/t13-,18?/m0/s1. The van der Waals surface area contributed by atoms with Crippen LogP contribution in [0.25, 0.3) is 0 Å². The molecule has 1 unspecified atom stereocenters. The Morgan fingerprint density at radius 2 is 1.83 bits per heavy atom. The highest BCUT2D eigenvalue weighted by atomic mass is 35.5. The van der Waals surface area contributed by atoms with Gasteiger partial charge in [0.15, 0.2) is 0 Å². The molecule has 2 fully saturated rings. The van der Waals surface area contributed by atoms with Crippen molar-refractivity contribution in [2.45, 2.75) is 44.8 Å². The topological polar surface area (TPSA) is 52.7 Å². The van der Waals surface area contributed by atoms with Crippen LogP contribution in [0.1, 0.15) is 38.8 Å². The number of hydrogen-bond acceptors (Lipinski definition) is 3. The Labute approximate surface area is 147 Å². The van der Waals surface area contributed by atoms with Crippen molar-refractivity contribution in [3.63, 3.8) is 0 Å². The van der Waals surface area contributed by atoms with Crippen LogP contribution in [0.2, 0.25) is 5.02 Å². The summed E-state index contributed by atoms with van der Waals surface area (Å²) in [5, 5.41) is 3.94. The Kier molecular flexibility index (Phi) is 4.58. The molecule has 2 heterocycles. The van der Waals surface area contributed by atoms with Gasteiger partial charge in [-0.15, -0.1) is 0 Å². The molecule has 24 heavy (non-hydrogen) atoms. The monoisotopic (exact) mass is 349 g/mol.